The minimum absolute atomic E-state index is 0.0174. The Hall–Kier alpha value is -2.18. The van der Waals surface area contributed by atoms with Crippen molar-refractivity contribution in [2.75, 3.05) is 26.3 Å². The number of likely N-dealkylation sites (tertiary alicyclic amines) is 1. The minimum Gasteiger partial charge on any atom is -0.469 e. The number of nitrogens with zero attached hydrogens (tertiary/aromatic N) is 2. The third kappa shape index (κ3) is 3.07. The summed E-state index contributed by atoms with van der Waals surface area (Å²) in [6.45, 7) is 5.02. The van der Waals surface area contributed by atoms with E-state index in [0.29, 0.717) is 43.5 Å². The van der Waals surface area contributed by atoms with E-state index >= 15 is 0 Å². The Balaban J connectivity index is 1.32. The molecule has 1 atom stereocenters. The summed E-state index contributed by atoms with van der Waals surface area (Å²) in [5, 5.41) is 0. The zero-order valence-electron chi connectivity index (χ0n) is 14.3. The molecule has 4 rings (SSSR count). The summed E-state index contributed by atoms with van der Waals surface area (Å²) < 4.78 is 17.1. The lowest BCUT2D eigenvalue weighted by Crippen LogP contribution is -2.66. The molecule has 2 aromatic rings. The van der Waals surface area contributed by atoms with Crippen LogP contribution in [0.15, 0.2) is 41.3 Å². The van der Waals surface area contributed by atoms with E-state index in [4.69, 9.17) is 13.9 Å². The van der Waals surface area contributed by atoms with Gasteiger partial charge in [-0.25, -0.2) is 0 Å². The lowest BCUT2D eigenvalue weighted by molar-refractivity contribution is -0.129. The largest absolute Gasteiger partial charge is 0.469 e. The third-order valence-electron chi connectivity index (χ3n) is 5.23. The first-order valence-electron chi connectivity index (χ1n) is 8.62. The molecule has 4 heterocycles. The molecular weight excluding hydrogens is 320 g/mol. The predicted octanol–water partition coefficient (Wildman–Crippen LogP) is 2.43. The molecule has 6 nitrogen and oxygen atoms in total. The van der Waals surface area contributed by atoms with Crippen molar-refractivity contribution in [2.24, 2.45) is 5.92 Å². The lowest BCUT2D eigenvalue weighted by atomic mass is 9.81. The molecule has 2 saturated heterocycles. The van der Waals surface area contributed by atoms with Gasteiger partial charge in [0, 0.05) is 24.9 Å². The maximum atomic E-state index is 12.5. The molecule has 1 spiro atoms. The Morgan fingerprint density at radius 2 is 2.16 bits per heavy atom. The Bertz CT molecular complexity index is 737. The van der Waals surface area contributed by atoms with Crippen molar-refractivity contribution in [3.8, 4) is 0 Å². The number of rotatable bonds is 5. The van der Waals surface area contributed by atoms with Crippen LogP contribution in [0.5, 0.6) is 0 Å². The molecule has 0 aromatic carbocycles. The number of hydrogen-bond donors (Lipinski definition) is 0. The number of hydrogen-bond acceptors (Lipinski definition) is 5. The van der Waals surface area contributed by atoms with Gasteiger partial charge in [-0.3, -0.25) is 9.78 Å². The highest BCUT2D eigenvalue weighted by Gasteiger charge is 2.54. The van der Waals surface area contributed by atoms with Crippen LogP contribution in [-0.4, -0.2) is 47.7 Å². The lowest BCUT2D eigenvalue weighted by Gasteiger charge is -2.50. The monoisotopic (exact) mass is 342 g/mol. The van der Waals surface area contributed by atoms with Crippen molar-refractivity contribution in [1.82, 2.24) is 9.88 Å². The molecule has 0 bridgehead atoms. The summed E-state index contributed by atoms with van der Waals surface area (Å²) >= 11 is 0. The van der Waals surface area contributed by atoms with Gasteiger partial charge in [-0.05, 0) is 37.1 Å². The van der Waals surface area contributed by atoms with E-state index in [-0.39, 0.29) is 11.5 Å². The first kappa shape index (κ1) is 16.3. The molecule has 2 aliphatic heterocycles. The van der Waals surface area contributed by atoms with Crippen LogP contribution in [0.1, 0.15) is 28.1 Å². The molecule has 132 valence electrons. The average molecular weight is 342 g/mol. The molecule has 6 heteroatoms. The van der Waals surface area contributed by atoms with Gasteiger partial charge in [0.05, 0.1) is 38.1 Å². The average Bonchev–Trinajstić information content (AvgIpc) is 3.20. The van der Waals surface area contributed by atoms with Crippen LogP contribution < -0.4 is 0 Å². The Morgan fingerprint density at radius 3 is 2.88 bits per heavy atom. The second kappa shape index (κ2) is 6.61. The first-order valence-corrected chi connectivity index (χ1v) is 8.62. The molecule has 2 aromatic heterocycles. The second-order valence-electron chi connectivity index (χ2n) is 6.82. The minimum atomic E-state index is -0.245. The van der Waals surface area contributed by atoms with Crippen LogP contribution in [0.2, 0.25) is 0 Å². The van der Waals surface area contributed by atoms with Gasteiger partial charge in [0.1, 0.15) is 11.4 Å². The van der Waals surface area contributed by atoms with E-state index in [2.05, 4.69) is 4.98 Å². The molecule has 2 fully saturated rings. The number of carbonyl (C=O) groups is 1. The fourth-order valence-corrected chi connectivity index (χ4v) is 3.69. The van der Waals surface area contributed by atoms with E-state index in [1.165, 1.54) is 0 Å². The molecular formula is C19H22N2O4. The summed E-state index contributed by atoms with van der Waals surface area (Å²) in [7, 11) is 0. The standard InChI is InChI=1S/C19H22N2O4/c1-14-17(5-8-24-14)18(22)21-12-19(13-21)16(4-9-25-19)11-23-10-15-2-6-20-7-3-15/h2-3,5-8,16H,4,9-13H2,1H3/t16-/m0/s1. The smallest absolute Gasteiger partial charge is 0.257 e. The van der Waals surface area contributed by atoms with E-state index in [1.54, 1.807) is 24.7 Å². The summed E-state index contributed by atoms with van der Waals surface area (Å²) in [5.74, 6) is 1.00. The third-order valence-corrected chi connectivity index (χ3v) is 5.23. The SMILES string of the molecule is Cc1occc1C(=O)N1CC2(C1)OCC[C@H]2COCc1ccncc1. The van der Waals surface area contributed by atoms with Crippen LogP contribution in [0.3, 0.4) is 0 Å². The molecule has 0 aliphatic carbocycles. The van der Waals surface area contributed by atoms with Gasteiger partial charge in [0.2, 0.25) is 0 Å². The van der Waals surface area contributed by atoms with Crippen molar-refractivity contribution >= 4 is 5.91 Å². The fraction of sp³-hybridized carbons (Fsp3) is 0.474. The highest BCUT2D eigenvalue weighted by atomic mass is 16.5. The topological polar surface area (TPSA) is 64.8 Å². The van der Waals surface area contributed by atoms with Gasteiger partial charge in [0.25, 0.3) is 5.91 Å². The summed E-state index contributed by atoms with van der Waals surface area (Å²) in [5.41, 5.74) is 1.51. The highest BCUT2D eigenvalue weighted by molar-refractivity contribution is 5.95. The number of pyridine rings is 1. The van der Waals surface area contributed by atoms with Gasteiger partial charge >= 0.3 is 0 Å². The fourth-order valence-electron chi connectivity index (χ4n) is 3.69. The first-order chi connectivity index (χ1) is 12.2. The van der Waals surface area contributed by atoms with Crippen LogP contribution in [0.25, 0.3) is 0 Å². The molecule has 0 saturated carbocycles. The molecule has 2 aliphatic rings. The van der Waals surface area contributed by atoms with Gasteiger partial charge in [0.15, 0.2) is 0 Å². The van der Waals surface area contributed by atoms with Crippen LogP contribution in [0, 0.1) is 12.8 Å². The summed E-state index contributed by atoms with van der Waals surface area (Å²) in [6.07, 6.45) is 6.07. The maximum absolute atomic E-state index is 12.5. The molecule has 1 amide bonds. The van der Waals surface area contributed by atoms with E-state index in [1.807, 2.05) is 24.0 Å². The number of aromatic nitrogens is 1. The quantitative estimate of drug-likeness (QED) is 0.835. The Morgan fingerprint density at radius 1 is 1.36 bits per heavy atom. The summed E-state index contributed by atoms with van der Waals surface area (Å²) in [4.78, 5) is 18.4. The van der Waals surface area contributed by atoms with Crippen molar-refractivity contribution in [3.63, 3.8) is 0 Å². The van der Waals surface area contributed by atoms with Gasteiger partial charge in [-0.1, -0.05) is 0 Å². The van der Waals surface area contributed by atoms with Crippen LogP contribution in [-0.2, 0) is 16.1 Å². The van der Waals surface area contributed by atoms with Gasteiger partial charge in [-0.15, -0.1) is 0 Å². The van der Waals surface area contributed by atoms with Crippen LogP contribution >= 0.6 is 0 Å². The van der Waals surface area contributed by atoms with Gasteiger partial charge in [-0.2, -0.15) is 0 Å². The number of aryl methyl sites for hydroxylation is 1. The second-order valence-corrected chi connectivity index (χ2v) is 6.82. The van der Waals surface area contributed by atoms with Gasteiger partial charge < -0.3 is 18.8 Å². The Kier molecular flexibility index (Phi) is 4.31. The molecule has 0 unspecified atom stereocenters. The van der Waals surface area contributed by atoms with E-state index in [9.17, 15) is 4.79 Å². The van der Waals surface area contributed by atoms with E-state index < -0.39 is 0 Å². The number of amides is 1. The number of carbonyl (C=O) groups excluding carboxylic acids is 1. The van der Waals surface area contributed by atoms with Crippen molar-refractivity contribution in [2.45, 2.75) is 25.6 Å². The molecule has 0 N–H and O–H groups in total. The molecule has 25 heavy (non-hydrogen) atoms. The predicted molar refractivity (Wildman–Crippen MR) is 90.0 cm³/mol. The van der Waals surface area contributed by atoms with Crippen molar-refractivity contribution in [1.29, 1.82) is 0 Å². The van der Waals surface area contributed by atoms with Crippen molar-refractivity contribution in [3.05, 3.63) is 53.7 Å². The Labute approximate surface area is 146 Å². The number of furan rings is 1. The normalized spacial score (nSPS) is 21.5. The zero-order chi connectivity index (χ0) is 17.3. The molecule has 0 radical (unpaired) electrons. The maximum Gasteiger partial charge on any atom is 0.257 e. The highest BCUT2D eigenvalue weighted by Crippen LogP contribution is 2.40. The summed E-state index contributed by atoms with van der Waals surface area (Å²) in [6, 6.07) is 5.64. The van der Waals surface area contributed by atoms with E-state index in [0.717, 1.165) is 18.6 Å². The van der Waals surface area contributed by atoms with Crippen LogP contribution in [0.4, 0.5) is 0 Å². The number of ether oxygens (including phenoxy) is 2. The van der Waals surface area contributed by atoms with Crippen molar-refractivity contribution < 1.29 is 18.7 Å². The zero-order valence-corrected chi connectivity index (χ0v) is 14.3.